The molecule has 0 aromatic carbocycles. The summed E-state index contributed by atoms with van der Waals surface area (Å²) in [6, 6.07) is 1.57. The van der Waals surface area contributed by atoms with Crippen molar-refractivity contribution < 1.29 is 19.2 Å². The van der Waals surface area contributed by atoms with Crippen molar-refractivity contribution in [1.29, 1.82) is 0 Å². The SMILES string of the molecule is COc1cc(C2(C(=O)O)CCCC2)on1. The summed E-state index contributed by atoms with van der Waals surface area (Å²) in [5.74, 6) is -0.0966. The molecule has 0 unspecified atom stereocenters. The van der Waals surface area contributed by atoms with Crippen LogP contribution in [0.5, 0.6) is 5.88 Å². The number of hydrogen-bond acceptors (Lipinski definition) is 4. The summed E-state index contributed by atoms with van der Waals surface area (Å²) in [5, 5.41) is 12.9. The molecule has 2 rings (SSSR count). The number of carbonyl (C=O) groups is 1. The molecule has 0 spiro atoms. The van der Waals surface area contributed by atoms with Gasteiger partial charge in [-0.05, 0) is 18.0 Å². The average molecular weight is 211 g/mol. The molecular formula is C10H13NO4. The zero-order valence-corrected chi connectivity index (χ0v) is 8.52. The number of nitrogens with zero attached hydrogens (tertiary/aromatic N) is 1. The number of hydrogen-bond donors (Lipinski definition) is 1. The Morgan fingerprint density at radius 1 is 1.60 bits per heavy atom. The molecule has 0 saturated heterocycles. The lowest BCUT2D eigenvalue weighted by Crippen LogP contribution is -2.32. The molecule has 1 aromatic heterocycles. The van der Waals surface area contributed by atoms with Crippen LogP contribution in [0.1, 0.15) is 31.4 Å². The summed E-state index contributed by atoms with van der Waals surface area (Å²) < 4.78 is 9.93. The molecule has 1 aromatic rings. The van der Waals surface area contributed by atoms with Gasteiger partial charge in [0.2, 0.25) is 0 Å². The van der Waals surface area contributed by atoms with Crippen LogP contribution >= 0.6 is 0 Å². The van der Waals surface area contributed by atoms with Gasteiger partial charge in [-0.15, -0.1) is 0 Å². The van der Waals surface area contributed by atoms with Crippen molar-refractivity contribution in [3.05, 3.63) is 11.8 Å². The van der Waals surface area contributed by atoms with Crippen LogP contribution in [0.25, 0.3) is 0 Å². The standard InChI is InChI=1S/C10H13NO4/c1-14-8-6-7(15-11-8)10(9(12)13)4-2-3-5-10/h6H,2-5H2,1H3,(H,12,13). The fourth-order valence-corrected chi connectivity index (χ4v) is 2.12. The summed E-state index contributed by atoms with van der Waals surface area (Å²) >= 11 is 0. The number of aromatic nitrogens is 1. The van der Waals surface area contributed by atoms with E-state index in [0.717, 1.165) is 12.8 Å². The molecule has 1 saturated carbocycles. The highest BCUT2D eigenvalue weighted by Gasteiger charge is 2.46. The summed E-state index contributed by atoms with van der Waals surface area (Å²) in [6.45, 7) is 0. The highest BCUT2D eigenvalue weighted by atomic mass is 16.5. The molecule has 82 valence electrons. The fraction of sp³-hybridized carbons (Fsp3) is 0.600. The fourth-order valence-electron chi connectivity index (χ4n) is 2.12. The van der Waals surface area contributed by atoms with Crippen LogP contribution in [0, 0.1) is 0 Å². The van der Waals surface area contributed by atoms with Crippen molar-refractivity contribution in [2.45, 2.75) is 31.1 Å². The van der Waals surface area contributed by atoms with Crippen LogP contribution < -0.4 is 4.74 Å². The Morgan fingerprint density at radius 3 is 2.73 bits per heavy atom. The molecule has 1 heterocycles. The minimum Gasteiger partial charge on any atom is -0.480 e. The minimum atomic E-state index is -0.885. The second kappa shape index (κ2) is 3.56. The first-order valence-corrected chi connectivity index (χ1v) is 4.93. The molecule has 0 amide bonds. The highest BCUT2D eigenvalue weighted by Crippen LogP contribution is 2.42. The smallest absolute Gasteiger partial charge is 0.317 e. The van der Waals surface area contributed by atoms with Crippen LogP contribution in [-0.4, -0.2) is 23.3 Å². The minimum absolute atomic E-state index is 0.331. The molecule has 0 radical (unpaired) electrons. The first kappa shape index (κ1) is 10.0. The topological polar surface area (TPSA) is 72.6 Å². The van der Waals surface area contributed by atoms with Crippen LogP contribution in [0.15, 0.2) is 10.6 Å². The quantitative estimate of drug-likeness (QED) is 0.821. The Balaban J connectivity index is 2.36. The van der Waals surface area contributed by atoms with E-state index < -0.39 is 11.4 Å². The van der Waals surface area contributed by atoms with Gasteiger partial charge in [-0.25, -0.2) is 0 Å². The number of rotatable bonds is 3. The molecule has 15 heavy (non-hydrogen) atoms. The Hall–Kier alpha value is -1.52. The number of carboxylic acids is 1. The Morgan fingerprint density at radius 2 is 2.27 bits per heavy atom. The zero-order chi connectivity index (χ0) is 10.9. The maximum Gasteiger partial charge on any atom is 0.317 e. The van der Waals surface area contributed by atoms with E-state index >= 15 is 0 Å². The van der Waals surface area contributed by atoms with E-state index in [9.17, 15) is 9.90 Å². The molecule has 5 nitrogen and oxygen atoms in total. The van der Waals surface area contributed by atoms with Crippen LogP contribution in [0.4, 0.5) is 0 Å². The predicted molar refractivity (Wildman–Crippen MR) is 50.8 cm³/mol. The van der Waals surface area contributed by atoms with Crippen LogP contribution in [0.3, 0.4) is 0 Å². The molecular weight excluding hydrogens is 198 g/mol. The monoisotopic (exact) mass is 211 g/mol. The van der Waals surface area contributed by atoms with Crippen molar-refractivity contribution in [1.82, 2.24) is 5.16 Å². The maximum absolute atomic E-state index is 11.3. The number of ether oxygens (including phenoxy) is 1. The van der Waals surface area contributed by atoms with Gasteiger partial charge in [0.1, 0.15) is 5.41 Å². The highest BCUT2D eigenvalue weighted by molar-refractivity contribution is 5.80. The second-order valence-electron chi connectivity index (χ2n) is 3.83. The van der Waals surface area contributed by atoms with E-state index in [-0.39, 0.29) is 0 Å². The third kappa shape index (κ3) is 1.48. The van der Waals surface area contributed by atoms with Crippen LogP contribution in [0.2, 0.25) is 0 Å². The van der Waals surface area contributed by atoms with Crippen molar-refractivity contribution in [2.24, 2.45) is 0 Å². The lowest BCUT2D eigenvalue weighted by molar-refractivity contribution is -0.144. The molecule has 0 atom stereocenters. The molecule has 5 heteroatoms. The third-order valence-corrected chi connectivity index (χ3v) is 3.04. The first-order valence-electron chi connectivity index (χ1n) is 4.93. The predicted octanol–water partition coefficient (Wildman–Crippen LogP) is 1.58. The van der Waals surface area contributed by atoms with Gasteiger partial charge in [0.05, 0.1) is 7.11 Å². The maximum atomic E-state index is 11.3. The molecule has 1 aliphatic carbocycles. The summed E-state index contributed by atoms with van der Waals surface area (Å²) in [7, 11) is 1.48. The van der Waals surface area contributed by atoms with Crippen molar-refractivity contribution in [2.75, 3.05) is 7.11 Å². The van der Waals surface area contributed by atoms with E-state index in [1.54, 1.807) is 6.07 Å². The molecule has 0 aliphatic heterocycles. The number of carboxylic acid groups (broad SMARTS) is 1. The molecule has 1 N–H and O–H groups in total. The lowest BCUT2D eigenvalue weighted by atomic mass is 9.84. The van der Waals surface area contributed by atoms with Gasteiger partial charge in [0, 0.05) is 6.07 Å². The van der Waals surface area contributed by atoms with Gasteiger partial charge >= 0.3 is 5.97 Å². The van der Waals surface area contributed by atoms with Gasteiger partial charge in [0.25, 0.3) is 5.88 Å². The number of methoxy groups -OCH3 is 1. The van der Waals surface area contributed by atoms with Crippen molar-refractivity contribution in [3.63, 3.8) is 0 Å². The normalized spacial score (nSPS) is 19.0. The lowest BCUT2D eigenvalue weighted by Gasteiger charge is -2.19. The summed E-state index contributed by atoms with van der Waals surface area (Å²) in [6.07, 6.45) is 3.05. The van der Waals surface area contributed by atoms with Crippen molar-refractivity contribution >= 4 is 5.97 Å². The van der Waals surface area contributed by atoms with Gasteiger partial charge in [0.15, 0.2) is 5.76 Å². The first-order chi connectivity index (χ1) is 7.19. The van der Waals surface area contributed by atoms with Gasteiger partial charge in [-0.1, -0.05) is 12.8 Å². The van der Waals surface area contributed by atoms with E-state index in [1.807, 2.05) is 0 Å². The third-order valence-electron chi connectivity index (χ3n) is 3.04. The van der Waals surface area contributed by atoms with Crippen molar-refractivity contribution in [3.8, 4) is 5.88 Å². The molecule has 1 aliphatic rings. The van der Waals surface area contributed by atoms with E-state index in [0.29, 0.717) is 24.5 Å². The zero-order valence-electron chi connectivity index (χ0n) is 8.52. The summed E-state index contributed by atoms with van der Waals surface area (Å²) in [4.78, 5) is 11.3. The summed E-state index contributed by atoms with van der Waals surface area (Å²) in [5.41, 5.74) is -0.885. The Bertz CT molecular complexity index is 365. The van der Waals surface area contributed by atoms with Gasteiger partial charge < -0.3 is 14.4 Å². The second-order valence-corrected chi connectivity index (χ2v) is 3.83. The van der Waals surface area contributed by atoms with E-state index in [2.05, 4.69) is 5.16 Å². The Labute approximate surface area is 87.0 Å². The Kier molecular flexibility index (Phi) is 2.38. The largest absolute Gasteiger partial charge is 0.480 e. The van der Waals surface area contributed by atoms with E-state index in [4.69, 9.17) is 9.26 Å². The van der Waals surface area contributed by atoms with Gasteiger partial charge in [-0.3, -0.25) is 4.79 Å². The van der Waals surface area contributed by atoms with Crippen LogP contribution in [-0.2, 0) is 10.2 Å². The van der Waals surface area contributed by atoms with E-state index in [1.165, 1.54) is 7.11 Å². The van der Waals surface area contributed by atoms with Gasteiger partial charge in [-0.2, -0.15) is 0 Å². The molecule has 1 fully saturated rings. The average Bonchev–Trinajstić information content (AvgIpc) is 2.87. The number of aliphatic carboxylic acids is 1. The molecule has 0 bridgehead atoms.